The van der Waals surface area contributed by atoms with E-state index in [0.717, 1.165) is 60.6 Å². The Morgan fingerprint density at radius 2 is 1.24 bits per heavy atom. The van der Waals surface area contributed by atoms with E-state index in [1.54, 1.807) is 18.3 Å². The third-order valence-electron chi connectivity index (χ3n) is 13.0. The van der Waals surface area contributed by atoms with Gasteiger partial charge in [0.25, 0.3) is 0 Å². The van der Waals surface area contributed by atoms with Gasteiger partial charge in [-0.3, -0.25) is 24.0 Å². The molecule has 0 spiro atoms. The predicted molar refractivity (Wildman–Crippen MR) is 282 cm³/mol. The molecule has 368 valence electrons. The van der Waals surface area contributed by atoms with Crippen LogP contribution in [0.1, 0.15) is 47.9 Å². The molecular formula is C58H60N8O6. The van der Waals surface area contributed by atoms with E-state index >= 15 is 0 Å². The summed E-state index contributed by atoms with van der Waals surface area (Å²) in [6.07, 6.45) is 3.47. The number of phenols is 1. The van der Waals surface area contributed by atoms with Crippen molar-refractivity contribution in [2.45, 2.75) is 75.5 Å². The van der Waals surface area contributed by atoms with Gasteiger partial charge in [0.05, 0.1) is 17.6 Å². The van der Waals surface area contributed by atoms with Crippen molar-refractivity contribution in [2.75, 3.05) is 11.9 Å². The topological polar surface area (TPSA) is 234 Å². The van der Waals surface area contributed by atoms with Gasteiger partial charge in [0, 0.05) is 54.2 Å². The first-order valence-electron chi connectivity index (χ1n) is 24.4. The molecule has 0 saturated heterocycles. The van der Waals surface area contributed by atoms with Gasteiger partial charge in [0.15, 0.2) is 5.78 Å². The maximum absolute atomic E-state index is 15.0. The first-order chi connectivity index (χ1) is 34.9. The molecule has 0 bridgehead atoms. The number of amides is 4. The minimum atomic E-state index is -1.17. The lowest BCUT2D eigenvalue weighted by atomic mass is 9.89. The summed E-state index contributed by atoms with van der Waals surface area (Å²) in [6.45, 7) is 0.582. The lowest BCUT2D eigenvalue weighted by molar-refractivity contribution is -0.134. The zero-order valence-electron chi connectivity index (χ0n) is 39.9. The first kappa shape index (κ1) is 50.0. The van der Waals surface area contributed by atoms with Crippen LogP contribution in [-0.4, -0.2) is 75.2 Å². The molecule has 10 N–H and O–H groups in total. The summed E-state index contributed by atoms with van der Waals surface area (Å²) >= 11 is 0. The van der Waals surface area contributed by atoms with Crippen molar-refractivity contribution in [1.82, 2.24) is 25.9 Å². The van der Waals surface area contributed by atoms with E-state index in [2.05, 4.69) is 31.2 Å². The SMILES string of the molecule is NC(=O)[C@H](CCCCNc1ccc2ccccc2n1)NC(=O)[C@H](CC(=O)[C@H](Cc1c[nH]c2ccccc12)NC(=O)[C@@H](Cc1ccc2ccccc2c1)NC(=O)[C@H](N)Cc1ccc(O)cc1)Cc1ccccc1. The van der Waals surface area contributed by atoms with Crippen molar-refractivity contribution in [3.05, 3.63) is 186 Å². The number of primary amides is 1. The molecule has 2 aromatic heterocycles. The number of carbonyl (C=O) groups is 5. The number of hydrogen-bond acceptors (Lipinski definition) is 9. The molecule has 8 aromatic rings. The molecule has 4 amide bonds. The Balaban J connectivity index is 1.01. The summed E-state index contributed by atoms with van der Waals surface area (Å²) < 4.78 is 0. The Bertz CT molecular complexity index is 3160. The average molecular weight is 965 g/mol. The van der Waals surface area contributed by atoms with Crippen LogP contribution in [0.2, 0.25) is 0 Å². The van der Waals surface area contributed by atoms with Crippen molar-refractivity contribution in [3.63, 3.8) is 0 Å². The van der Waals surface area contributed by atoms with Crippen LogP contribution < -0.4 is 32.7 Å². The Labute approximate surface area is 418 Å². The van der Waals surface area contributed by atoms with Crippen LogP contribution in [0.5, 0.6) is 5.75 Å². The fourth-order valence-electron chi connectivity index (χ4n) is 9.08. The molecule has 6 aromatic carbocycles. The molecule has 8 rings (SSSR count). The number of rotatable bonds is 24. The number of hydrogen-bond donors (Lipinski definition) is 8. The second-order valence-corrected chi connectivity index (χ2v) is 18.4. The maximum Gasteiger partial charge on any atom is 0.243 e. The number of aromatic nitrogens is 2. The number of fused-ring (bicyclic) bond motifs is 3. The van der Waals surface area contributed by atoms with Crippen molar-refractivity contribution in [3.8, 4) is 5.75 Å². The Hall–Kier alpha value is -8.36. The van der Waals surface area contributed by atoms with Gasteiger partial charge in [0.2, 0.25) is 23.6 Å². The number of nitrogens with zero attached hydrogens (tertiary/aromatic N) is 1. The van der Waals surface area contributed by atoms with Gasteiger partial charge in [-0.1, -0.05) is 121 Å². The molecule has 2 heterocycles. The third-order valence-corrected chi connectivity index (χ3v) is 13.0. The van der Waals surface area contributed by atoms with Crippen molar-refractivity contribution in [2.24, 2.45) is 17.4 Å². The van der Waals surface area contributed by atoms with Gasteiger partial charge >= 0.3 is 0 Å². The van der Waals surface area contributed by atoms with E-state index in [4.69, 9.17) is 11.5 Å². The highest BCUT2D eigenvalue weighted by molar-refractivity contribution is 5.97. The number of Topliss-reactive ketones (excluding diaryl/α,β-unsaturated/α-hetero) is 1. The second kappa shape index (κ2) is 24.0. The number of nitrogens with two attached hydrogens (primary N) is 2. The molecule has 5 atom stereocenters. The quantitative estimate of drug-likeness (QED) is 0.0292. The fourth-order valence-corrected chi connectivity index (χ4v) is 9.08. The lowest BCUT2D eigenvalue weighted by Gasteiger charge is -2.26. The predicted octanol–water partition coefficient (Wildman–Crippen LogP) is 6.97. The summed E-state index contributed by atoms with van der Waals surface area (Å²) in [5.74, 6) is -2.96. The number of benzene rings is 6. The molecular weight excluding hydrogens is 905 g/mol. The van der Waals surface area contributed by atoms with Crippen LogP contribution in [0.25, 0.3) is 32.6 Å². The van der Waals surface area contributed by atoms with E-state index < -0.39 is 59.5 Å². The van der Waals surface area contributed by atoms with Crippen LogP contribution in [0.4, 0.5) is 5.82 Å². The highest BCUT2D eigenvalue weighted by Crippen LogP contribution is 2.23. The minimum Gasteiger partial charge on any atom is -0.508 e. The summed E-state index contributed by atoms with van der Waals surface area (Å²) in [4.78, 5) is 78.8. The van der Waals surface area contributed by atoms with Gasteiger partial charge < -0.3 is 42.8 Å². The molecule has 0 unspecified atom stereocenters. The number of carbonyl (C=O) groups excluding carboxylic acids is 5. The van der Waals surface area contributed by atoms with Crippen molar-refractivity contribution >= 4 is 67.8 Å². The number of pyridine rings is 1. The third kappa shape index (κ3) is 13.5. The van der Waals surface area contributed by atoms with Gasteiger partial charge in [-0.2, -0.15) is 0 Å². The number of ketones is 1. The molecule has 72 heavy (non-hydrogen) atoms. The normalized spacial score (nSPS) is 13.4. The highest BCUT2D eigenvalue weighted by atomic mass is 16.3. The number of nitrogens with one attached hydrogen (secondary N) is 5. The molecule has 14 heteroatoms. The van der Waals surface area contributed by atoms with Gasteiger partial charge in [-0.25, -0.2) is 4.98 Å². The zero-order chi connectivity index (χ0) is 50.4. The fraction of sp³-hybridized carbons (Fsp3) is 0.241. The molecule has 0 aliphatic carbocycles. The molecule has 0 aliphatic heterocycles. The summed E-state index contributed by atoms with van der Waals surface area (Å²) in [5, 5.41) is 25.7. The highest BCUT2D eigenvalue weighted by Gasteiger charge is 2.33. The standard InChI is InChI=1S/C58H60N8O6/c59-47(32-38-22-26-45(67)27-23-38)57(71)66-52(33-39-21-24-40-14-4-5-16-42(40)31-39)58(72)65-51(34-44-36-62-49-19-9-7-17-46(44)49)53(68)35-43(30-37-12-2-1-3-13-37)56(70)64-50(55(60)69)20-10-11-29-61-54-28-25-41-15-6-8-18-48(41)63-54/h1-9,12-19,21-28,31,36,43,47,50-52,62,67H,10-11,20,29-30,32-35,59H2,(H2,60,69)(H,61,63)(H,64,70)(H,65,72)(H,66,71)/t43-,47+,50-,51-,52+/m0/s1. The minimum absolute atomic E-state index is 0.0674. The molecule has 14 nitrogen and oxygen atoms in total. The number of phenolic OH excluding ortho intramolecular Hbond substituents is 1. The van der Waals surface area contributed by atoms with E-state index in [1.165, 1.54) is 12.1 Å². The van der Waals surface area contributed by atoms with Crippen molar-refractivity contribution < 1.29 is 29.1 Å². The van der Waals surface area contributed by atoms with Crippen molar-refractivity contribution in [1.29, 1.82) is 0 Å². The van der Waals surface area contributed by atoms with Crippen LogP contribution in [0, 0.1) is 5.92 Å². The van der Waals surface area contributed by atoms with E-state index in [-0.39, 0.29) is 44.3 Å². The summed E-state index contributed by atoms with van der Waals surface area (Å²) in [7, 11) is 0. The monoisotopic (exact) mass is 964 g/mol. The maximum atomic E-state index is 15.0. The molecule has 0 radical (unpaired) electrons. The molecule has 0 fully saturated rings. The summed E-state index contributed by atoms with van der Waals surface area (Å²) in [5.41, 5.74) is 17.1. The zero-order valence-corrected chi connectivity index (χ0v) is 39.9. The number of aromatic amines is 1. The van der Waals surface area contributed by atoms with Gasteiger partial charge in [-0.15, -0.1) is 0 Å². The smallest absolute Gasteiger partial charge is 0.243 e. The Morgan fingerprint density at radius 1 is 0.583 bits per heavy atom. The van der Waals surface area contributed by atoms with Crippen LogP contribution in [0.3, 0.4) is 0 Å². The van der Waals surface area contributed by atoms with Gasteiger partial charge in [-0.05, 0) is 102 Å². The van der Waals surface area contributed by atoms with Crippen LogP contribution in [0.15, 0.2) is 164 Å². The van der Waals surface area contributed by atoms with E-state index in [9.17, 15) is 29.1 Å². The Kier molecular flexibility index (Phi) is 16.7. The lowest BCUT2D eigenvalue weighted by Crippen LogP contribution is -2.56. The summed E-state index contributed by atoms with van der Waals surface area (Å²) in [6, 6.07) is 44.3. The number of unbranched alkanes of at least 4 members (excludes halogenated alkanes) is 1. The van der Waals surface area contributed by atoms with Gasteiger partial charge in [0.1, 0.15) is 23.7 Å². The van der Waals surface area contributed by atoms with E-state index in [1.807, 2.05) is 133 Å². The van der Waals surface area contributed by atoms with E-state index in [0.29, 0.717) is 19.4 Å². The van der Waals surface area contributed by atoms with Crippen LogP contribution >= 0.6 is 0 Å². The second-order valence-electron chi connectivity index (χ2n) is 18.4. The number of H-pyrrole nitrogens is 1. The van der Waals surface area contributed by atoms with Crippen LogP contribution in [-0.2, 0) is 49.7 Å². The number of para-hydroxylation sites is 2. The average Bonchev–Trinajstić information content (AvgIpc) is 3.80. The largest absolute Gasteiger partial charge is 0.508 e. The molecule has 0 aliphatic rings. The number of aromatic hydroxyl groups is 1. The Morgan fingerprint density at radius 3 is 2.03 bits per heavy atom. The molecule has 0 saturated carbocycles. The first-order valence-corrected chi connectivity index (χ1v) is 24.4. The number of anilines is 1.